The Morgan fingerprint density at radius 3 is 2.63 bits per heavy atom. The molecule has 1 aromatic carbocycles. The highest BCUT2D eigenvalue weighted by molar-refractivity contribution is 9.10. The van der Waals surface area contributed by atoms with Crippen LogP contribution in [0.25, 0.3) is 0 Å². The van der Waals surface area contributed by atoms with Gasteiger partial charge in [-0.05, 0) is 46.5 Å². The zero-order valence-corrected chi connectivity index (χ0v) is 13.5. The smallest absolute Gasteiger partial charge is 0.175 e. The molecule has 1 N–H and O–H groups in total. The van der Waals surface area contributed by atoms with E-state index in [9.17, 15) is 0 Å². The van der Waals surface area contributed by atoms with Crippen LogP contribution in [0.4, 0.5) is 0 Å². The lowest BCUT2D eigenvalue weighted by Crippen LogP contribution is -2.17. The number of nitrogens with one attached hydrogen (secondary N) is 1. The van der Waals surface area contributed by atoms with Crippen molar-refractivity contribution in [3.05, 3.63) is 22.2 Å². The highest BCUT2D eigenvalue weighted by Gasteiger charge is 2.11. The normalized spacial score (nSPS) is 10.8. The molecule has 1 rings (SSSR count). The van der Waals surface area contributed by atoms with E-state index in [-0.39, 0.29) is 0 Å². The fraction of sp³-hybridized carbons (Fsp3) is 0.571. The third kappa shape index (κ3) is 5.38. The number of rotatable bonds is 8. The quantitative estimate of drug-likeness (QED) is 0.584. The fourth-order valence-electron chi connectivity index (χ4n) is 1.52. The third-order valence-electron chi connectivity index (χ3n) is 2.37. The van der Waals surface area contributed by atoms with Gasteiger partial charge in [0.2, 0.25) is 0 Å². The second-order valence-electron chi connectivity index (χ2n) is 4.57. The van der Waals surface area contributed by atoms with Gasteiger partial charge in [0.05, 0.1) is 24.8 Å². The number of hydroxylamine groups is 1. The van der Waals surface area contributed by atoms with Crippen molar-refractivity contribution >= 4 is 15.9 Å². The standard InChI is InChI=1S/C14H22BrNO3/c1-5-18-14-12(15)6-11(7-13(14)17-4)8-16-19-9-10(2)3/h6-7,10,16H,5,8-9H2,1-4H3. The Kier molecular flexibility index (Phi) is 7.20. The summed E-state index contributed by atoms with van der Waals surface area (Å²) in [6, 6.07) is 3.95. The molecule has 0 fully saturated rings. The van der Waals surface area contributed by atoms with E-state index in [1.807, 2.05) is 19.1 Å². The Labute approximate surface area is 123 Å². The maximum Gasteiger partial charge on any atom is 0.175 e. The second kappa shape index (κ2) is 8.40. The summed E-state index contributed by atoms with van der Waals surface area (Å²) in [7, 11) is 1.64. The summed E-state index contributed by atoms with van der Waals surface area (Å²) in [5, 5.41) is 0. The number of hydrogen-bond acceptors (Lipinski definition) is 4. The van der Waals surface area contributed by atoms with Crippen LogP contribution in [0.1, 0.15) is 26.3 Å². The lowest BCUT2D eigenvalue weighted by molar-refractivity contribution is 0.0196. The molecule has 0 radical (unpaired) electrons. The summed E-state index contributed by atoms with van der Waals surface area (Å²) >= 11 is 3.50. The summed E-state index contributed by atoms with van der Waals surface area (Å²) < 4.78 is 11.8. The summed E-state index contributed by atoms with van der Waals surface area (Å²) in [6.07, 6.45) is 0. The monoisotopic (exact) mass is 331 g/mol. The number of methoxy groups -OCH3 is 1. The molecule has 0 aliphatic carbocycles. The van der Waals surface area contributed by atoms with E-state index in [4.69, 9.17) is 14.3 Å². The highest BCUT2D eigenvalue weighted by atomic mass is 79.9. The van der Waals surface area contributed by atoms with Crippen LogP contribution in [0.2, 0.25) is 0 Å². The van der Waals surface area contributed by atoms with E-state index in [0.29, 0.717) is 25.7 Å². The van der Waals surface area contributed by atoms with E-state index in [0.717, 1.165) is 21.5 Å². The van der Waals surface area contributed by atoms with Crippen LogP contribution in [-0.2, 0) is 11.4 Å². The predicted molar refractivity (Wildman–Crippen MR) is 79.5 cm³/mol. The minimum absolute atomic E-state index is 0.508. The lowest BCUT2D eigenvalue weighted by atomic mass is 10.2. The van der Waals surface area contributed by atoms with Gasteiger partial charge in [0.1, 0.15) is 0 Å². The van der Waals surface area contributed by atoms with E-state index < -0.39 is 0 Å². The van der Waals surface area contributed by atoms with Crippen LogP contribution in [0.5, 0.6) is 11.5 Å². The van der Waals surface area contributed by atoms with Crippen molar-refractivity contribution in [1.82, 2.24) is 5.48 Å². The SMILES string of the molecule is CCOc1c(Br)cc(CNOCC(C)C)cc1OC. The van der Waals surface area contributed by atoms with Gasteiger partial charge in [-0.15, -0.1) is 0 Å². The number of benzene rings is 1. The first-order valence-electron chi connectivity index (χ1n) is 6.42. The number of hydrogen-bond donors (Lipinski definition) is 1. The Hall–Kier alpha value is -0.780. The minimum atomic E-state index is 0.508. The average molecular weight is 332 g/mol. The topological polar surface area (TPSA) is 39.7 Å². The molecule has 1 aromatic rings. The number of ether oxygens (including phenoxy) is 2. The Morgan fingerprint density at radius 2 is 2.05 bits per heavy atom. The second-order valence-corrected chi connectivity index (χ2v) is 5.42. The molecule has 0 heterocycles. The molecule has 0 aliphatic rings. The minimum Gasteiger partial charge on any atom is -0.493 e. The molecule has 0 unspecified atom stereocenters. The van der Waals surface area contributed by atoms with Crippen molar-refractivity contribution in [3.63, 3.8) is 0 Å². The van der Waals surface area contributed by atoms with Crippen molar-refractivity contribution in [3.8, 4) is 11.5 Å². The van der Waals surface area contributed by atoms with Crippen molar-refractivity contribution in [2.75, 3.05) is 20.3 Å². The number of halogens is 1. The van der Waals surface area contributed by atoms with Crippen molar-refractivity contribution in [1.29, 1.82) is 0 Å². The first-order chi connectivity index (χ1) is 9.08. The van der Waals surface area contributed by atoms with Gasteiger partial charge in [0, 0.05) is 6.54 Å². The zero-order chi connectivity index (χ0) is 14.3. The van der Waals surface area contributed by atoms with Crippen molar-refractivity contribution in [2.45, 2.75) is 27.3 Å². The molecule has 0 atom stereocenters. The molecule has 4 nitrogen and oxygen atoms in total. The molecule has 19 heavy (non-hydrogen) atoms. The van der Waals surface area contributed by atoms with Gasteiger partial charge >= 0.3 is 0 Å². The molecule has 5 heteroatoms. The molecule has 0 amide bonds. The summed E-state index contributed by atoms with van der Waals surface area (Å²) in [5.41, 5.74) is 4.01. The first kappa shape index (κ1) is 16.3. The molecule has 0 aliphatic heterocycles. The Bertz CT molecular complexity index is 397. The van der Waals surface area contributed by atoms with Crippen molar-refractivity contribution < 1.29 is 14.3 Å². The van der Waals surface area contributed by atoms with Gasteiger partial charge in [-0.3, -0.25) is 0 Å². The maximum absolute atomic E-state index is 5.55. The van der Waals surface area contributed by atoms with Gasteiger partial charge in [-0.2, -0.15) is 5.48 Å². The van der Waals surface area contributed by atoms with Crippen molar-refractivity contribution in [2.24, 2.45) is 5.92 Å². The molecule has 0 bridgehead atoms. The third-order valence-corrected chi connectivity index (χ3v) is 2.96. The largest absolute Gasteiger partial charge is 0.493 e. The molecule has 0 saturated carbocycles. The van der Waals surface area contributed by atoms with Crippen LogP contribution >= 0.6 is 15.9 Å². The predicted octanol–water partition coefficient (Wildman–Crippen LogP) is 3.53. The highest BCUT2D eigenvalue weighted by Crippen LogP contribution is 2.36. The Balaban J connectivity index is 2.67. The lowest BCUT2D eigenvalue weighted by Gasteiger charge is -2.14. The molecule has 0 spiro atoms. The zero-order valence-electron chi connectivity index (χ0n) is 12.0. The van der Waals surface area contributed by atoms with E-state index in [1.165, 1.54) is 0 Å². The van der Waals surface area contributed by atoms with Gasteiger partial charge in [0.25, 0.3) is 0 Å². The summed E-state index contributed by atoms with van der Waals surface area (Å²) in [5.74, 6) is 1.96. The average Bonchev–Trinajstić information content (AvgIpc) is 2.37. The Morgan fingerprint density at radius 1 is 1.32 bits per heavy atom. The van der Waals surface area contributed by atoms with Crippen LogP contribution in [0.3, 0.4) is 0 Å². The molecule has 108 valence electrons. The summed E-state index contributed by atoms with van der Waals surface area (Å²) in [4.78, 5) is 5.35. The molecular formula is C14H22BrNO3. The van der Waals surface area contributed by atoms with Crippen LogP contribution in [0.15, 0.2) is 16.6 Å². The molecule has 0 aromatic heterocycles. The molecule has 0 saturated heterocycles. The van der Waals surface area contributed by atoms with Crippen LogP contribution in [-0.4, -0.2) is 20.3 Å². The van der Waals surface area contributed by atoms with Gasteiger partial charge in [-0.25, -0.2) is 0 Å². The van der Waals surface area contributed by atoms with E-state index >= 15 is 0 Å². The van der Waals surface area contributed by atoms with Gasteiger partial charge in [-0.1, -0.05) is 13.8 Å². The van der Waals surface area contributed by atoms with Crippen LogP contribution < -0.4 is 15.0 Å². The van der Waals surface area contributed by atoms with Gasteiger partial charge in [0.15, 0.2) is 11.5 Å². The van der Waals surface area contributed by atoms with Gasteiger partial charge < -0.3 is 14.3 Å². The van der Waals surface area contributed by atoms with E-state index in [2.05, 4.69) is 35.3 Å². The fourth-order valence-corrected chi connectivity index (χ4v) is 2.12. The van der Waals surface area contributed by atoms with E-state index in [1.54, 1.807) is 7.11 Å². The molecular weight excluding hydrogens is 310 g/mol. The van der Waals surface area contributed by atoms with Crippen LogP contribution in [0, 0.1) is 5.92 Å². The maximum atomic E-state index is 5.55. The summed E-state index contributed by atoms with van der Waals surface area (Å²) in [6.45, 7) is 8.07. The first-order valence-corrected chi connectivity index (χ1v) is 7.21.